The second-order valence-corrected chi connectivity index (χ2v) is 33.0. The molecule has 4 heteroatoms. The third-order valence-electron chi connectivity index (χ3n) is 25.3. The average molecular weight is 1600 g/mol. The normalized spacial score (nSPS) is 12.0. The Bertz CT molecular complexity index is 7560. The lowest BCUT2D eigenvalue weighted by Gasteiger charge is -2.28. The number of nitrogens with zero attached hydrogens (tertiary/aromatic N) is 2. The van der Waals surface area contributed by atoms with Gasteiger partial charge in [-0.15, -0.1) is 0 Å². The first-order chi connectivity index (χ1) is 61.7. The SMILES string of the molecule is CC1(C)c2cc(-c3cccc4c3oc3ccccc34)ccc2-c2ccc(N(c3ccc(-c4ccc(-c5ccccc5)cc4)cc3)c3ccc(-c4ccc(-c5ccccc5)cc4)cc3)cc21.c1ccc(-c2ccc(-c3ccc(N(c4ccc(-c5ccc(-c6cccc7c6oc6ccccc67)cc5)cc4)c4ccc(-c5cccc6ccccc56)cc4)cc3)cc2)cc1. The molecule has 0 saturated heterocycles. The van der Waals surface area contributed by atoms with E-state index in [0.29, 0.717) is 0 Å². The fraction of sp³-hybridized carbons (Fsp3) is 0.0248. The summed E-state index contributed by atoms with van der Waals surface area (Å²) in [5.74, 6) is 0. The van der Waals surface area contributed by atoms with Crippen LogP contribution in [-0.4, -0.2) is 0 Å². The van der Waals surface area contributed by atoms with Gasteiger partial charge in [0, 0.05) is 72.2 Å². The van der Waals surface area contributed by atoms with E-state index in [0.717, 1.165) is 106 Å². The lowest BCUT2D eigenvalue weighted by Crippen LogP contribution is -2.16. The van der Waals surface area contributed by atoms with Crippen LogP contribution >= 0.6 is 0 Å². The fourth-order valence-corrected chi connectivity index (χ4v) is 18.7. The van der Waals surface area contributed by atoms with Crippen LogP contribution in [0.4, 0.5) is 34.1 Å². The summed E-state index contributed by atoms with van der Waals surface area (Å²) in [6.45, 7) is 4.74. The van der Waals surface area contributed by atoms with Crippen LogP contribution < -0.4 is 9.80 Å². The molecule has 0 radical (unpaired) electrons. The molecule has 1 aliphatic carbocycles. The van der Waals surface area contributed by atoms with E-state index in [1.807, 2.05) is 18.2 Å². The van der Waals surface area contributed by atoms with Gasteiger partial charge in [0.15, 0.2) is 0 Å². The maximum atomic E-state index is 6.50. The number of benzene rings is 20. The van der Waals surface area contributed by atoms with E-state index in [9.17, 15) is 0 Å². The van der Waals surface area contributed by atoms with Gasteiger partial charge in [0.25, 0.3) is 0 Å². The Morgan fingerprint density at radius 2 is 0.416 bits per heavy atom. The zero-order chi connectivity index (χ0) is 83.3. The fourth-order valence-electron chi connectivity index (χ4n) is 18.7. The summed E-state index contributed by atoms with van der Waals surface area (Å²) in [6, 6.07) is 171. The summed E-state index contributed by atoms with van der Waals surface area (Å²) >= 11 is 0. The van der Waals surface area contributed by atoms with Gasteiger partial charge < -0.3 is 18.6 Å². The highest BCUT2D eigenvalue weighted by Crippen LogP contribution is 2.53. The first kappa shape index (κ1) is 75.1. The van der Waals surface area contributed by atoms with Crippen LogP contribution in [0.15, 0.2) is 482 Å². The van der Waals surface area contributed by atoms with Crippen molar-refractivity contribution in [2.75, 3.05) is 9.80 Å². The van der Waals surface area contributed by atoms with Crippen molar-refractivity contribution in [3.63, 3.8) is 0 Å². The van der Waals surface area contributed by atoms with Gasteiger partial charge in [0.2, 0.25) is 0 Å². The molecule has 0 bridgehead atoms. The summed E-state index contributed by atoms with van der Waals surface area (Å²) in [7, 11) is 0. The van der Waals surface area contributed by atoms with Crippen molar-refractivity contribution in [1.82, 2.24) is 0 Å². The Balaban J connectivity index is 0.000000149. The number of rotatable bonds is 16. The number of anilines is 6. The molecule has 20 aromatic carbocycles. The smallest absolute Gasteiger partial charge is 0.143 e. The molecule has 0 N–H and O–H groups in total. The molecule has 2 aromatic heterocycles. The van der Waals surface area contributed by atoms with Gasteiger partial charge in [-0.25, -0.2) is 0 Å². The molecule has 0 amide bonds. The molecule has 4 nitrogen and oxygen atoms in total. The zero-order valence-corrected chi connectivity index (χ0v) is 69.2. The van der Waals surface area contributed by atoms with E-state index < -0.39 is 0 Å². The number of hydrogen-bond acceptors (Lipinski definition) is 4. The lowest BCUT2D eigenvalue weighted by atomic mass is 9.81. The van der Waals surface area contributed by atoms with Crippen LogP contribution in [0.25, 0.3) is 177 Å². The van der Waals surface area contributed by atoms with Crippen LogP contribution in [0.2, 0.25) is 0 Å². The van der Waals surface area contributed by atoms with Crippen LogP contribution in [0.5, 0.6) is 0 Å². The molecule has 0 atom stereocenters. The minimum Gasteiger partial charge on any atom is -0.455 e. The number of fused-ring (bicyclic) bond motifs is 10. The van der Waals surface area contributed by atoms with Crippen molar-refractivity contribution >= 4 is 88.8 Å². The highest BCUT2D eigenvalue weighted by atomic mass is 16.3. The minimum atomic E-state index is -0.240. The summed E-state index contributed by atoms with van der Waals surface area (Å²) in [4.78, 5) is 4.74. The second kappa shape index (κ2) is 32.1. The third kappa shape index (κ3) is 14.3. The molecule has 23 rings (SSSR count). The monoisotopic (exact) mass is 1600 g/mol. The molecule has 0 aliphatic heterocycles. The first-order valence-corrected chi connectivity index (χ1v) is 43.0. The Labute approximate surface area is 728 Å². The van der Waals surface area contributed by atoms with Gasteiger partial charge in [0.05, 0.1) is 0 Å². The van der Waals surface area contributed by atoms with Crippen molar-refractivity contribution in [2.24, 2.45) is 0 Å². The number of furan rings is 2. The molecule has 2 heterocycles. The van der Waals surface area contributed by atoms with Crippen molar-refractivity contribution in [3.05, 3.63) is 484 Å². The van der Waals surface area contributed by atoms with E-state index in [4.69, 9.17) is 8.83 Å². The van der Waals surface area contributed by atoms with E-state index >= 15 is 0 Å². The second-order valence-electron chi connectivity index (χ2n) is 33.0. The highest BCUT2D eigenvalue weighted by Gasteiger charge is 2.37. The highest BCUT2D eigenvalue weighted by molar-refractivity contribution is 6.11. The topological polar surface area (TPSA) is 32.8 Å². The van der Waals surface area contributed by atoms with E-state index in [2.05, 4.69) is 479 Å². The first-order valence-electron chi connectivity index (χ1n) is 43.0. The van der Waals surface area contributed by atoms with Crippen molar-refractivity contribution in [1.29, 1.82) is 0 Å². The molecule has 22 aromatic rings. The predicted octanol–water partition coefficient (Wildman–Crippen LogP) is 34.2. The van der Waals surface area contributed by atoms with Crippen molar-refractivity contribution < 1.29 is 8.83 Å². The van der Waals surface area contributed by atoms with Gasteiger partial charge in [-0.3, -0.25) is 0 Å². The van der Waals surface area contributed by atoms with E-state index in [1.54, 1.807) is 0 Å². The quantitative estimate of drug-likeness (QED) is 0.0965. The summed E-state index contributed by atoms with van der Waals surface area (Å²) in [5, 5.41) is 7.08. The molecule has 0 fully saturated rings. The van der Waals surface area contributed by atoms with Crippen LogP contribution in [0.3, 0.4) is 0 Å². The molecule has 1 aliphatic rings. The van der Waals surface area contributed by atoms with Gasteiger partial charge in [-0.1, -0.05) is 396 Å². The minimum absolute atomic E-state index is 0.240. The molecule has 590 valence electrons. The summed E-state index contributed by atoms with van der Waals surface area (Å²) < 4.78 is 12.9. The van der Waals surface area contributed by atoms with Gasteiger partial charge >= 0.3 is 0 Å². The Hall–Kier alpha value is -16.1. The standard InChI is InChI=1S/C63H45NO.C58H39NO/c1-63(2)59-40-50(54-17-11-18-58-57-16-9-10-19-61(57)65-62(54)58)32-38-55(59)56-39-37-53(41-60(56)63)64(51-33-28-48(29-34-51)46-24-20-44(21-25-46)42-12-5-3-6-13-42)52-35-30-49(31-36-52)47-26-22-45(23-27-47)43-14-7-4-8-15-43;1-2-10-40(11-3-1)41-20-22-42(23-21-41)44-28-34-49(35-29-44)59(51-38-32-47(33-39-51)53-16-8-13-46-12-4-5-14-52(46)53)50-36-30-45(31-37-50)43-24-26-48(27-25-43)54-17-9-18-56-55-15-6-7-19-57(55)60-58(54)56/h3-41H,1-2H3;1-39H. The third-order valence-corrected chi connectivity index (χ3v) is 25.3. The van der Waals surface area contributed by atoms with Crippen LogP contribution in [0.1, 0.15) is 25.0 Å². The molecule has 0 unspecified atom stereocenters. The number of para-hydroxylation sites is 4. The van der Waals surface area contributed by atoms with E-state index in [1.165, 1.54) is 116 Å². The maximum absolute atomic E-state index is 6.50. The van der Waals surface area contributed by atoms with Crippen LogP contribution in [-0.2, 0) is 5.41 Å². The van der Waals surface area contributed by atoms with Crippen LogP contribution in [0, 0.1) is 0 Å². The maximum Gasteiger partial charge on any atom is 0.143 e. The molecular formula is C121H84N2O2. The number of hydrogen-bond donors (Lipinski definition) is 0. The molecule has 0 saturated carbocycles. The van der Waals surface area contributed by atoms with E-state index in [-0.39, 0.29) is 5.41 Å². The Morgan fingerprint density at radius 1 is 0.168 bits per heavy atom. The zero-order valence-electron chi connectivity index (χ0n) is 69.2. The lowest BCUT2D eigenvalue weighted by molar-refractivity contribution is 0.660. The molecule has 0 spiro atoms. The summed E-state index contributed by atoms with van der Waals surface area (Å²) in [6.07, 6.45) is 0. The predicted molar refractivity (Wildman–Crippen MR) is 526 cm³/mol. The average Bonchev–Trinajstić information content (AvgIpc) is 1.57. The molecular weight excluding hydrogens is 1510 g/mol. The van der Waals surface area contributed by atoms with Crippen molar-refractivity contribution in [2.45, 2.75) is 19.3 Å². The molecule has 125 heavy (non-hydrogen) atoms. The largest absolute Gasteiger partial charge is 0.455 e. The Kier molecular flexibility index (Phi) is 19.3. The van der Waals surface area contributed by atoms with Gasteiger partial charge in [-0.2, -0.15) is 0 Å². The van der Waals surface area contributed by atoms with Gasteiger partial charge in [0.1, 0.15) is 22.3 Å². The van der Waals surface area contributed by atoms with Gasteiger partial charge in [-0.05, 0) is 224 Å². The Morgan fingerprint density at radius 3 is 0.816 bits per heavy atom. The van der Waals surface area contributed by atoms with Crippen molar-refractivity contribution in [3.8, 4) is 122 Å². The summed E-state index contributed by atoms with van der Waals surface area (Å²) in [5.41, 5.74) is 39.0.